The van der Waals surface area contributed by atoms with Gasteiger partial charge in [0.1, 0.15) is 6.04 Å². The minimum absolute atomic E-state index is 0.147. The van der Waals surface area contributed by atoms with Crippen LogP contribution in [0.4, 0.5) is 0 Å². The summed E-state index contributed by atoms with van der Waals surface area (Å²) in [6, 6.07) is 8.93. The van der Waals surface area contributed by atoms with E-state index in [4.69, 9.17) is 0 Å². The van der Waals surface area contributed by atoms with Gasteiger partial charge >= 0.3 is 0 Å². The van der Waals surface area contributed by atoms with Crippen molar-refractivity contribution in [1.82, 2.24) is 10.2 Å². The van der Waals surface area contributed by atoms with Gasteiger partial charge in [-0.25, -0.2) is 4.99 Å². The molecule has 2 aliphatic rings. The van der Waals surface area contributed by atoms with Crippen molar-refractivity contribution in [2.75, 3.05) is 6.54 Å². The van der Waals surface area contributed by atoms with E-state index in [0.29, 0.717) is 18.6 Å². The van der Waals surface area contributed by atoms with Crippen LogP contribution in [0.15, 0.2) is 40.7 Å². The van der Waals surface area contributed by atoms with E-state index >= 15 is 0 Å². The lowest BCUT2D eigenvalue weighted by molar-refractivity contribution is -0.139. The molecule has 0 saturated carbocycles. The average Bonchev–Trinajstić information content (AvgIpc) is 3.48. The number of likely N-dealkylation sites (tertiary alicyclic amines) is 1. The number of aliphatic hydroxyl groups excluding tert-OH is 1. The molecule has 3 heterocycles. The van der Waals surface area contributed by atoms with E-state index in [1.54, 1.807) is 16.2 Å². The highest BCUT2D eigenvalue weighted by atomic mass is 32.1. The third-order valence-electron chi connectivity index (χ3n) is 7.31. The first-order valence-electron chi connectivity index (χ1n) is 12.3. The van der Waals surface area contributed by atoms with Crippen LogP contribution >= 0.6 is 11.3 Å². The minimum atomic E-state index is -0.832. The number of aliphatic imine (C=N–C) groups is 1. The van der Waals surface area contributed by atoms with Gasteiger partial charge in [0.25, 0.3) is 5.91 Å². The van der Waals surface area contributed by atoms with Crippen LogP contribution in [0, 0.1) is 12.3 Å². The van der Waals surface area contributed by atoms with Gasteiger partial charge in [0.05, 0.1) is 17.6 Å². The zero-order valence-electron chi connectivity index (χ0n) is 21.8. The molecule has 0 aliphatic carbocycles. The number of carbonyl (C=O) groups is 3. The van der Waals surface area contributed by atoms with Crippen LogP contribution in [0.5, 0.6) is 0 Å². The molecule has 36 heavy (non-hydrogen) atoms. The zero-order valence-corrected chi connectivity index (χ0v) is 22.6. The molecule has 3 amide bonds. The topological polar surface area (TPSA) is 99.1 Å². The Hall–Kier alpha value is -2.84. The van der Waals surface area contributed by atoms with Gasteiger partial charge in [-0.05, 0) is 47.4 Å². The van der Waals surface area contributed by atoms with E-state index in [1.807, 2.05) is 52.0 Å². The molecular weight excluding hydrogens is 474 g/mol. The second kappa shape index (κ2) is 9.56. The average molecular weight is 510 g/mol. The van der Waals surface area contributed by atoms with Crippen LogP contribution in [0.1, 0.15) is 58.6 Å². The summed E-state index contributed by atoms with van der Waals surface area (Å²) in [4.78, 5) is 45.9. The number of thiophene rings is 1. The Morgan fingerprint density at radius 1 is 1.22 bits per heavy atom. The molecule has 4 rings (SSSR count). The standard InChI is InChI=1S/C28H35N3O4S/c1-16-11-12-36-23(16)18-7-9-19(10-8-18)28(6)14-21(30-26(28)35)22-13-20(33)15-31(22)25(34)24(27(3,4)5)29-17(2)32/h7-12,20,22,24,33H,13-15H2,1-6H3,(H,29,32)/t20-,22+,24-,28+/m1/s1. The van der Waals surface area contributed by atoms with Gasteiger partial charge in [-0.15, -0.1) is 11.3 Å². The van der Waals surface area contributed by atoms with Crippen LogP contribution < -0.4 is 5.32 Å². The molecule has 0 unspecified atom stereocenters. The van der Waals surface area contributed by atoms with Crippen molar-refractivity contribution in [3.63, 3.8) is 0 Å². The Morgan fingerprint density at radius 3 is 2.44 bits per heavy atom. The second-order valence-electron chi connectivity index (χ2n) is 11.3. The number of rotatable bonds is 5. The number of amides is 3. The highest BCUT2D eigenvalue weighted by Crippen LogP contribution is 2.39. The number of benzene rings is 1. The van der Waals surface area contributed by atoms with Crippen LogP contribution in [-0.2, 0) is 19.8 Å². The zero-order chi connectivity index (χ0) is 26.4. The van der Waals surface area contributed by atoms with E-state index in [2.05, 4.69) is 28.7 Å². The number of carbonyl (C=O) groups excluding carboxylic acids is 3. The number of nitrogens with one attached hydrogen (secondary N) is 1. The van der Waals surface area contributed by atoms with Gasteiger partial charge < -0.3 is 15.3 Å². The number of aliphatic hydroxyl groups is 1. The van der Waals surface area contributed by atoms with Gasteiger partial charge in [-0.3, -0.25) is 14.4 Å². The molecule has 1 fully saturated rings. The quantitative estimate of drug-likeness (QED) is 0.639. The van der Waals surface area contributed by atoms with Crippen molar-refractivity contribution >= 4 is 34.8 Å². The Balaban J connectivity index is 1.58. The molecule has 2 aromatic rings. The monoisotopic (exact) mass is 509 g/mol. The fourth-order valence-electron chi connectivity index (χ4n) is 5.20. The first-order valence-corrected chi connectivity index (χ1v) is 13.2. The molecule has 0 radical (unpaired) electrons. The number of aryl methyl sites for hydroxylation is 1. The van der Waals surface area contributed by atoms with Crippen molar-refractivity contribution in [2.45, 2.75) is 78.0 Å². The fourth-order valence-corrected chi connectivity index (χ4v) is 6.13. The third kappa shape index (κ3) is 4.89. The third-order valence-corrected chi connectivity index (χ3v) is 8.37. The predicted molar refractivity (Wildman–Crippen MR) is 142 cm³/mol. The molecule has 0 bridgehead atoms. The number of hydrogen-bond acceptors (Lipinski definition) is 5. The summed E-state index contributed by atoms with van der Waals surface area (Å²) < 4.78 is 0. The molecule has 2 aliphatic heterocycles. The lowest BCUT2D eigenvalue weighted by Gasteiger charge is -2.35. The molecule has 4 atom stereocenters. The van der Waals surface area contributed by atoms with Crippen LogP contribution in [0.25, 0.3) is 10.4 Å². The summed E-state index contributed by atoms with van der Waals surface area (Å²) in [5.41, 5.74) is 2.47. The molecular formula is C28H35N3O4S. The summed E-state index contributed by atoms with van der Waals surface area (Å²) in [5.74, 6) is -0.791. The number of hydrogen-bond donors (Lipinski definition) is 2. The molecule has 0 spiro atoms. The van der Waals surface area contributed by atoms with E-state index in [-0.39, 0.29) is 24.3 Å². The van der Waals surface area contributed by atoms with E-state index in [1.165, 1.54) is 17.4 Å². The maximum atomic E-state index is 13.6. The molecule has 7 nitrogen and oxygen atoms in total. The summed E-state index contributed by atoms with van der Waals surface area (Å²) in [6.07, 6.45) is -0.0125. The molecule has 1 aromatic carbocycles. The summed E-state index contributed by atoms with van der Waals surface area (Å²) >= 11 is 1.69. The lowest BCUT2D eigenvalue weighted by atomic mass is 9.78. The van der Waals surface area contributed by atoms with Crippen molar-refractivity contribution in [1.29, 1.82) is 0 Å². The first kappa shape index (κ1) is 26.2. The van der Waals surface area contributed by atoms with E-state index in [9.17, 15) is 19.5 Å². The van der Waals surface area contributed by atoms with E-state index in [0.717, 1.165) is 11.1 Å². The summed E-state index contributed by atoms with van der Waals surface area (Å²) in [6.45, 7) is 11.2. The minimum Gasteiger partial charge on any atom is -0.391 e. The SMILES string of the molecule is CC(=O)N[C@H](C(=O)N1C[C@H](O)C[C@H]1C1=NC(=O)[C@](C)(c2ccc(-c3sccc3C)cc2)C1)C(C)(C)C. The summed E-state index contributed by atoms with van der Waals surface area (Å²) in [7, 11) is 0. The molecule has 8 heteroatoms. The smallest absolute Gasteiger partial charge is 0.256 e. The largest absolute Gasteiger partial charge is 0.391 e. The van der Waals surface area contributed by atoms with Gasteiger partial charge in [0, 0.05) is 36.9 Å². The Labute approximate surface area is 216 Å². The normalized spacial score (nSPS) is 25.1. The van der Waals surface area contributed by atoms with Gasteiger partial charge in [-0.2, -0.15) is 0 Å². The highest BCUT2D eigenvalue weighted by Gasteiger charge is 2.49. The van der Waals surface area contributed by atoms with E-state index < -0.39 is 29.0 Å². The highest BCUT2D eigenvalue weighted by molar-refractivity contribution is 7.13. The van der Waals surface area contributed by atoms with Crippen molar-refractivity contribution < 1.29 is 19.5 Å². The number of nitrogens with zero attached hydrogens (tertiary/aromatic N) is 2. The molecule has 1 saturated heterocycles. The maximum Gasteiger partial charge on any atom is 0.256 e. The second-order valence-corrected chi connectivity index (χ2v) is 12.2. The van der Waals surface area contributed by atoms with Crippen LogP contribution in [-0.4, -0.2) is 58.2 Å². The van der Waals surface area contributed by atoms with Crippen molar-refractivity contribution in [2.24, 2.45) is 10.4 Å². The molecule has 1 aromatic heterocycles. The lowest BCUT2D eigenvalue weighted by Crippen LogP contribution is -2.56. The molecule has 192 valence electrons. The van der Waals surface area contributed by atoms with Crippen LogP contribution in [0.2, 0.25) is 0 Å². The van der Waals surface area contributed by atoms with Gasteiger partial charge in [0.2, 0.25) is 11.8 Å². The Kier molecular flexibility index (Phi) is 6.96. The number of β-amino-alcohol motifs (C(OH)–C–C–N with tert-alkyl or cyclic N) is 1. The molecule has 2 N–H and O–H groups in total. The Bertz CT molecular complexity index is 1210. The fraction of sp³-hybridized carbons (Fsp3) is 0.500. The van der Waals surface area contributed by atoms with Crippen LogP contribution in [0.3, 0.4) is 0 Å². The summed E-state index contributed by atoms with van der Waals surface area (Å²) in [5, 5.41) is 15.3. The van der Waals surface area contributed by atoms with Gasteiger partial charge in [0.15, 0.2) is 0 Å². The van der Waals surface area contributed by atoms with Crippen molar-refractivity contribution in [3.8, 4) is 10.4 Å². The first-order chi connectivity index (χ1) is 16.8. The van der Waals surface area contributed by atoms with Gasteiger partial charge in [-0.1, -0.05) is 45.0 Å². The van der Waals surface area contributed by atoms with Crippen molar-refractivity contribution in [3.05, 3.63) is 46.8 Å². The Morgan fingerprint density at radius 2 is 1.89 bits per heavy atom. The predicted octanol–water partition coefficient (Wildman–Crippen LogP) is 3.87. The maximum absolute atomic E-state index is 13.6.